The number of thioether (sulfide) groups is 1. The van der Waals surface area contributed by atoms with Crippen molar-refractivity contribution < 1.29 is 0 Å². The molecule has 0 saturated heterocycles. The number of hydrogen-bond acceptors (Lipinski definition) is 3. The van der Waals surface area contributed by atoms with Gasteiger partial charge in [0.2, 0.25) is 0 Å². The Kier molecular flexibility index (Phi) is 3.57. The summed E-state index contributed by atoms with van der Waals surface area (Å²) in [4.78, 5) is 4.48. The Morgan fingerprint density at radius 1 is 1.11 bits per heavy atom. The molecule has 2 nitrogen and oxygen atoms in total. The van der Waals surface area contributed by atoms with E-state index in [0.717, 1.165) is 27.6 Å². The fraction of sp³-hybridized carbons (Fsp3) is 0.214. The maximum Gasteiger partial charge on any atom is 0.161 e. The van der Waals surface area contributed by atoms with Crippen molar-refractivity contribution in [2.24, 2.45) is 4.99 Å². The summed E-state index contributed by atoms with van der Waals surface area (Å²) in [6.07, 6.45) is 1.18. The van der Waals surface area contributed by atoms with Crippen molar-refractivity contribution in [1.29, 1.82) is 0 Å². The first-order chi connectivity index (χ1) is 8.81. The van der Waals surface area contributed by atoms with Crippen LogP contribution in [0.3, 0.4) is 0 Å². The molecule has 3 rings (SSSR count). The molecule has 0 spiro atoms. The van der Waals surface area contributed by atoms with Crippen molar-refractivity contribution in [3.63, 3.8) is 0 Å². The van der Waals surface area contributed by atoms with E-state index in [4.69, 9.17) is 0 Å². The van der Waals surface area contributed by atoms with E-state index in [-0.39, 0.29) is 0 Å². The summed E-state index contributed by atoms with van der Waals surface area (Å²) < 4.78 is 1.11. The van der Waals surface area contributed by atoms with Gasteiger partial charge in [-0.05, 0) is 41.5 Å². The smallest absolute Gasteiger partial charge is 0.161 e. The van der Waals surface area contributed by atoms with Gasteiger partial charge < -0.3 is 5.32 Å². The lowest BCUT2D eigenvalue weighted by atomic mass is 10.1. The normalized spacial score (nSPS) is 15.5. The van der Waals surface area contributed by atoms with Crippen molar-refractivity contribution in [2.45, 2.75) is 6.42 Å². The first kappa shape index (κ1) is 12.1. The van der Waals surface area contributed by atoms with Gasteiger partial charge in [0, 0.05) is 22.5 Å². The SMILES string of the molecule is Brc1ccc2cc(NC3=NCCCS3)ccc2c1. The van der Waals surface area contributed by atoms with Crippen LogP contribution in [-0.4, -0.2) is 17.5 Å². The van der Waals surface area contributed by atoms with Crippen molar-refractivity contribution >= 4 is 49.3 Å². The van der Waals surface area contributed by atoms with Gasteiger partial charge in [0.15, 0.2) is 5.17 Å². The molecule has 0 unspecified atom stereocenters. The van der Waals surface area contributed by atoms with E-state index >= 15 is 0 Å². The summed E-state index contributed by atoms with van der Waals surface area (Å²) in [7, 11) is 0. The van der Waals surface area contributed by atoms with Gasteiger partial charge in [-0.15, -0.1) is 0 Å². The minimum absolute atomic E-state index is 0.940. The van der Waals surface area contributed by atoms with Crippen LogP contribution in [0.4, 0.5) is 5.69 Å². The molecule has 1 heterocycles. The molecule has 0 atom stereocenters. The lowest BCUT2D eigenvalue weighted by Gasteiger charge is -2.13. The molecule has 92 valence electrons. The number of rotatable bonds is 1. The molecule has 0 aliphatic carbocycles. The molecule has 4 heteroatoms. The Hall–Kier alpha value is -1.00. The molecule has 18 heavy (non-hydrogen) atoms. The molecule has 0 saturated carbocycles. The molecule has 0 aromatic heterocycles. The molecular formula is C14H13BrN2S. The van der Waals surface area contributed by atoms with Gasteiger partial charge in [-0.25, -0.2) is 0 Å². The number of fused-ring (bicyclic) bond motifs is 1. The second kappa shape index (κ2) is 5.33. The lowest BCUT2D eigenvalue weighted by molar-refractivity contribution is 0.938. The van der Waals surface area contributed by atoms with Crippen LogP contribution in [0, 0.1) is 0 Å². The highest BCUT2D eigenvalue weighted by atomic mass is 79.9. The first-order valence-corrected chi connectivity index (χ1v) is 7.73. The number of halogens is 1. The Balaban J connectivity index is 1.88. The van der Waals surface area contributed by atoms with Gasteiger partial charge in [-0.3, -0.25) is 4.99 Å². The van der Waals surface area contributed by atoms with E-state index < -0.39 is 0 Å². The lowest BCUT2D eigenvalue weighted by Crippen LogP contribution is -2.13. The fourth-order valence-electron chi connectivity index (χ4n) is 1.95. The first-order valence-electron chi connectivity index (χ1n) is 5.95. The van der Waals surface area contributed by atoms with Crippen LogP contribution in [0.15, 0.2) is 45.9 Å². The van der Waals surface area contributed by atoms with Gasteiger partial charge in [0.05, 0.1) is 0 Å². The second-order valence-corrected chi connectivity index (χ2v) is 6.22. The third-order valence-electron chi connectivity index (χ3n) is 2.85. The Morgan fingerprint density at radius 2 is 1.94 bits per heavy atom. The van der Waals surface area contributed by atoms with E-state index in [9.17, 15) is 0 Å². The van der Waals surface area contributed by atoms with E-state index in [1.165, 1.54) is 17.2 Å². The largest absolute Gasteiger partial charge is 0.335 e. The van der Waals surface area contributed by atoms with E-state index in [0.29, 0.717) is 0 Å². The summed E-state index contributed by atoms with van der Waals surface area (Å²) in [5, 5.41) is 6.91. The minimum atomic E-state index is 0.940. The standard InChI is InChI=1S/C14H13BrN2S/c15-12-4-2-11-9-13(5-3-10(11)8-12)17-14-16-6-1-7-18-14/h2-5,8-9H,1,6-7H2,(H,16,17). The summed E-state index contributed by atoms with van der Waals surface area (Å²) in [6.45, 7) is 0.940. The maximum absolute atomic E-state index is 4.48. The van der Waals surface area contributed by atoms with Crippen LogP contribution < -0.4 is 5.32 Å². The van der Waals surface area contributed by atoms with Gasteiger partial charge in [-0.1, -0.05) is 39.8 Å². The number of amidine groups is 1. The molecule has 2 aromatic rings. The number of aliphatic imine (C=N–C) groups is 1. The molecule has 1 aliphatic heterocycles. The topological polar surface area (TPSA) is 24.4 Å². The van der Waals surface area contributed by atoms with Crippen LogP contribution in [-0.2, 0) is 0 Å². The molecule has 1 aliphatic rings. The van der Waals surface area contributed by atoms with Crippen molar-refractivity contribution in [2.75, 3.05) is 17.6 Å². The quantitative estimate of drug-likeness (QED) is 0.836. The minimum Gasteiger partial charge on any atom is -0.335 e. The number of nitrogens with zero attached hydrogens (tertiary/aromatic N) is 1. The molecule has 0 amide bonds. The molecule has 0 fully saturated rings. The average Bonchev–Trinajstić information content (AvgIpc) is 2.40. The Morgan fingerprint density at radius 3 is 2.78 bits per heavy atom. The Bertz CT molecular complexity index is 610. The molecule has 0 bridgehead atoms. The summed E-state index contributed by atoms with van der Waals surface area (Å²) >= 11 is 5.29. The monoisotopic (exact) mass is 320 g/mol. The number of nitrogens with one attached hydrogen (secondary N) is 1. The average molecular weight is 321 g/mol. The predicted octanol–water partition coefficient (Wildman–Crippen LogP) is 4.51. The van der Waals surface area contributed by atoms with Gasteiger partial charge in [0.25, 0.3) is 0 Å². The van der Waals surface area contributed by atoms with Crippen LogP contribution in [0.25, 0.3) is 10.8 Å². The van der Waals surface area contributed by atoms with Crippen molar-refractivity contribution in [3.05, 3.63) is 40.9 Å². The zero-order valence-electron chi connectivity index (χ0n) is 9.82. The van der Waals surface area contributed by atoms with Crippen LogP contribution in [0.2, 0.25) is 0 Å². The zero-order valence-corrected chi connectivity index (χ0v) is 12.2. The number of anilines is 1. The van der Waals surface area contributed by atoms with Gasteiger partial charge in [0.1, 0.15) is 0 Å². The highest BCUT2D eigenvalue weighted by Gasteiger charge is 2.06. The number of benzene rings is 2. The van der Waals surface area contributed by atoms with Crippen LogP contribution >= 0.6 is 27.7 Å². The van der Waals surface area contributed by atoms with Crippen molar-refractivity contribution in [3.8, 4) is 0 Å². The van der Waals surface area contributed by atoms with E-state index in [2.05, 4.69) is 62.6 Å². The van der Waals surface area contributed by atoms with E-state index in [1.54, 1.807) is 11.8 Å². The number of hydrogen-bond donors (Lipinski definition) is 1. The third-order valence-corrected chi connectivity index (χ3v) is 4.34. The van der Waals surface area contributed by atoms with Gasteiger partial charge >= 0.3 is 0 Å². The molecule has 0 radical (unpaired) electrons. The van der Waals surface area contributed by atoms with E-state index in [1.807, 2.05) is 0 Å². The zero-order chi connectivity index (χ0) is 12.4. The summed E-state index contributed by atoms with van der Waals surface area (Å²) in [6, 6.07) is 12.7. The fourth-order valence-corrected chi connectivity index (χ4v) is 3.17. The summed E-state index contributed by atoms with van der Waals surface area (Å²) in [5.74, 6) is 1.16. The molecule has 1 N–H and O–H groups in total. The van der Waals surface area contributed by atoms with Gasteiger partial charge in [-0.2, -0.15) is 0 Å². The highest BCUT2D eigenvalue weighted by Crippen LogP contribution is 2.24. The predicted molar refractivity (Wildman–Crippen MR) is 84.6 cm³/mol. The third kappa shape index (κ3) is 2.70. The second-order valence-electron chi connectivity index (χ2n) is 4.22. The highest BCUT2D eigenvalue weighted by molar-refractivity contribution is 9.10. The summed E-state index contributed by atoms with van der Waals surface area (Å²) in [5.41, 5.74) is 1.11. The van der Waals surface area contributed by atoms with Crippen molar-refractivity contribution in [1.82, 2.24) is 0 Å². The maximum atomic E-state index is 4.48. The molecular weight excluding hydrogens is 308 g/mol. The Labute approximate surface area is 119 Å². The van der Waals surface area contributed by atoms with Crippen LogP contribution in [0.1, 0.15) is 6.42 Å². The van der Waals surface area contributed by atoms with Crippen LogP contribution in [0.5, 0.6) is 0 Å². The molecule has 2 aromatic carbocycles.